The Morgan fingerprint density at radius 1 is 1.16 bits per heavy atom. The Balaban J connectivity index is 2.12. The molecule has 19 heavy (non-hydrogen) atoms. The number of Topliss-reactive ketones (excluding diaryl/α,β-unsaturated/α-hetero) is 1. The van der Waals surface area contributed by atoms with Crippen molar-refractivity contribution >= 4 is 5.78 Å². The van der Waals surface area contributed by atoms with Crippen LogP contribution < -0.4 is 4.74 Å². The van der Waals surface area contributed by atoms with Gasteiger partial charge in [0.1, 0.15) is 18.2 Å². The van der Waals surface area contributed by atoms with Gasteiger partial charge in [0.05, 0.1) is 0 Å². The molecule has 2 rings (SSSR count). The molecule has 0 aliphatic rings. The molecule has 0 bridgehead atoms. The molecule has 0 heterocycles. The highest BCUT2D eigenvalue weighted by Gasteiger charge is 2.08. The molecule has 0 atom stereocenters. The average molecular weight is 258 g/mol. The van der Waals surface area contributed by atoms with Crippen LogP contribution >= 0.6 is 0 Å². The number of ketones is 1. The van der Waals surface area contributed by atoms with E-state index in [-0.39, 0.29) is 5.78 Å². The lowest BCUT2D eigenvalue weighted by Crippen LogP contribution is -2.00. The van der Waals surface area contributed by atoms with E-state index in [4.69, 9.17) is 4.74 Å². The Bertz CT molecular complexity index is 564. The molecule has 0 aromatic heterocycles. The molecule has 98 valence electrons. The summed E-state index contributed by atoms with van der Waals surface area (Å²) >= 11 is 0. The number of carbonyl (C=O) groups excluding carboxylic acids is 1. The van der Waals surface area contributed by atoms with Crippen molar-refractivity contribution in [3.8, 4) is 5.75 Å². The van der Waals surface area contributed by atoms with Crippen LogP contribution in [0.2, 0.25) is 0 Å². The van der Waals surface area contributed by atoms with Gasteiger partial charge < -0.3 is 4.74 Å². The maximum atomic E-state index is 13.4. The fourth-order valence-corrected chi connectivity index (χ4v) is 1.75. The van der Waals surface area contributed by atoms with E-state index in [1.54, 1.807) is 13.0 Å². The van der Waals surface area contributed by atoms with E-state index in [1.807, 2.05) is 30.3 Å². The van der Waals surface area contributed by atoms with E-state index in [0.29, 0.717) is 24.3 Å². The predicted molar refractivity (Wildman–Crippen MR) is 71.8 cm³/mol. The van der Waals surface area contributed by atoms with Gasteiger partial charge in [0.25, 0.3) is 0 Å². The van der Waals surface area contributed by atoms with E-state index in [1.165, 1.54) is 12.1 Å². The first kappa shape index (κ1) is 13.3. The maximum Gasteiger partial charge on any atom is 0.162 e. The zero-order valence-electron chi connectivity index (χ0n) is 10.7. The summed E-state index contributed by atoms with van der Waals surface area (Å²) in [5, 5.41) is 0. The molecule has 3 heteroatoms. The fourth-order valence-electron chi connectivity index (χ4n) is 1.75. The zero-order chi connectivity index (χ0) is 13.7. The molecule has 0 amide bonds. The molecule has 0 fully saturated rings. The SMILES string of the molecule is CCC(=O)c1cc(F)cc(OCc2ccccc2)c1. The van der Waals surface area contributed by atoms with Crippen LogP contribution in [-0.4, -0.2) is 5.78 Å². The maximum absolute atomic E-state index is 13.4. The number of hydrogen-bond donors (Lipinski definition) is 0. The third-order valence-corrected chi connectivity index (χ3v) is 2.76. The second-order valence-corrected chi connectivity index (χ2v) is 4.23. The van der Waals surface area contributed by atoms with Crippen molar-refractivity contribution in [2.75, 3.05) is 0 Å². The summed E-state index contributed by atoms with van der Waals surface area (Å²) in [7, 11) is 0. The molecule has 0 aliphatic heterocycles. The van der Waals surface area contributed by atoms with Crippen LogP contribution in [0.5, 0.6) is 5.75 Å². The first-order valence-corrected chi connectivity index (χ1v) is 6.19. The highest BCUT2D eigenvalue weighted by Crippen LogP contribution is 2.19. The minimum atomic E-state index is -0.456. The highest BCUT2D eigenvalue weighted by molar-refractivity contribution is 5.96. The largest absolute Gasteiger partial charge is 0.489 e. The van der Waals surface area contributed by atoms with Gasteiger partial charge in [-0.05, 0) is 17.7 Å². The van der Waals surface area contributed by atoms with E-state index >= 15 is 0 Å². The van der Waals surface area contributed by atoms with Crippen molar-refractivity contribution < 1.29 is 13.9 Å². The van der Waals surface area contributed by atoms with E-state index in [2.05, 4.69) is 0 Å². The molecule has 2 aromatic carbocycles. The third-order valence-electron chi connectivity index (χ3n) is 2.76. The normalized spacial score (nSPS) is 10.2. The van der Waals surface area contributed by atoms with E-state index in [9.17, 15) is 9.18 Å². The summed E-state index contributed by atoms with van der Waals surface area (Å²) in [6, 6.07) is 13.7. The first-order chi connectivity index (χ1) is 9.19. The van der Waals surface area contributed by atoms with Crippen molar-refractivity contribution in [1.29, 1.82) is 0 Å². The molecule has 0 spiro atoms. The molecule has 0 N–H and O–H groups in total. The van der Waals surface area contributed by atoms with Gasteiger partial charge in [0.15, 0.2) is 5.78 Å². The summed E-state index contributed by atoms with van der Waals surface area (Å²) in [6.07, 6.45) is 0.349. The molecule has 2 aromatic rings. The average Bonchev–Trinajstić information content (AvgIpc) is 2.45. The zero-order valence-corrected chi connectivity index (χ0v) is 10.7. The number of hydrogen-bond acceptors (Lipinski definition) is 2. The van der Waals surface area contributed by atoms with Gasteiger partial charge >= 0.3 is 0 Å². The van der Waals surface area contributed by atoms with Crippen molar-refractivity contribution in [2.24, 2.45) is 0 Å². The van der Waals surface area contributed by atoms with Gasteiger partial charge in [-0.25, -0.2) is 4.39 Å². The van der Waals surface area contributed by atoms with Crippen molar-refractivity contribution in [3.05, 3.63) is 65.5 Å². The molecule has 0 radical (unpaired) electrons. The Kier molecular flexibility index (Phi) is 4.29. The van der Waals surface area contributed by atoms with Gasteiger partial charge in [-0.15, -0.1) is 0 Å². The molecular formula is C16H15FO2. The van der Waals surface area contributed by atoms with Gasteiger partial charge in [-0.1, -0.05) is 37.3 Å². The number of carbonyl (C=O) groups is 1. The monoisotopic (exact) mass is 258 g/mol. The van der Waals surface area contributed by atoms with Gasteiger partial charge in [0, 0.05) is 18.1 Å². The Morgan fingerprint density at radius 2 is 1.89 bits per heavy atom. The van der Waals surface area contributed by atoms with Crippen LogP contribution in [0.3, 0.4) is 0 Å². The van der Waals surface area contributed by atoms with Crippen LogP contribution in [0.4, 0.5) is 4.39 Å². The second kappa shape index (κ2) is 6.14. The van der Waals surface area contributed by atoms with Gasteiger partial charge in [-0.3, -0.25) is 4.79 Å². The number of rotatable bonds is 5. The predicted octanol–water partition coefficient (Wildman–Crippen LogP) is 4.00. The van der Waals surface area contributed by atoms with Gasteiger partial charge in [0.2, 0.25) is 0 Å². The van der Waals surface area contributed by atoms with Crippen molar-refractivity contribution in [3.63, 3.8) is 0 Å². The van der Waals surface area contributed by atoms with Crippen LogP contribution in [0.1, 0.15) is 29.3 Å². The smallest absolute Gasteiger partial charge is 0.162 e. The Morgan fingerprint density at radius 3 is 2.58 bits per heavy atom. The minimum Gasteiger partial charge on any atom is -0.489 e. The van der Waals surface area contributed by atoms with Gasteiger partial charge in [-0.2, -0.15) is 0 Å². The second-order valence-electron chi connectivity index (χ2n) is 4.23. The van der Waals surface area contributed by atoms with Crippen LogP contribution in [0.15, 0.2) is 48.5 Å². The van der Waals surface area contributed by atoms with Crippen molar-refractivity contribution in [2.45, 2.75) is 20.0 Å². The topological polar surface area (TPSA) is 26.3 Å². The summed E-state index contributed by atoms with van der Waals surface area (Å²) in [6.45, 7) is 2.10. The molecule has 0 unspecified atom stereocenters. The highest BCUT2D eigenvalue weighted by atomic mass is 19.1. The Labute approximate surface area is 111 Å². The fraction of sp³-hybridized carbons (Fsp3) is 0.188. The lowest BCUT2D eigenvalue weighted by atomic mass is 10.1. The summed E-state index contributed by atoms with van der Waals surface area (Å²) in [4.78, 5) is 11.6. The van der Waals surface area contributed by atoms with Crippen LogP contribution in [0, 0.1) is 5.82 Å². The number of ether oxygens (including phenoxy) is 1. The lowest BCUT2D eigenvalue weighted by molar-refractivity contribution is 0.0987. The van der Waals surface area contributed by atoms with Crippen LogP contribution in [0.25, 0.3) is 0 Å². The molecule has 2 nitrogen and oxygen atoms in total. The van der Waals surface area contributed by atoms with E-state index in [0.717, 1.165) is 5.56 Å². The lowest BCUT2D eigenvalue weighted by Gasteiger charge is -2.08. The molecule has 0 saturated carbocycles. The number of benzene rings is 2. The third kappa shape index (κ3) is 3.65. The molecule has 0 saturated heterocycles. The summed E-state index contributed by atoms with van der Waals surface area (Å²) in [5.74, 6) is -0.174. The quantitative estimate of drug-likeness (QED) is 0.758. The first-order valence-electron chi connectivity index (χ1n) is 6.19. The van der Waals surface area contributed by atoms with E-state index < -0.39 is 5.82 Å². The summed E-state index contributed by atoms with van der Waals surface area (Å²) < 4.78 is 18.9. The Hall–Kier alpha value is -2.16. The van der Waals surface area contributed by atoms with Crippen LogP contribution in [-0.2, 0) is 6.61 Å². The van der Waals surface area contributed by atoms with Crippen molar-refractivity contribution in [1.82, 2.24) is 0 Å². The standard InChI is InChI=1S/C16H15FO2/c1-2-16(18)13-8-14(17)10-15(9-13)19-11-12-6-4-3-5-7-12/h3-10H,2,11H2,1H3. The minimum absolute atomic E-state index is 0.0935. The molecule has 0 aliphatic carbocycles. The summed E-state index contributed by atoms with van der Waals surface area (Å²) in [5.41, 5.74) is 1.35. The molecular weight excluding hydrogens is 243 g/mol. The number of halogens is 1.